The van der Waals surface area contributed by atoms with Gasteiger partial charge in [0, 0.05) is 12.6 Å². The van der Waals surface area contributed by atoms with Crippen molar-refractivity contribution >= 4 is 0 Å². The fourth-order valence-electron chi connectivity index (χ4n) is 1.36. The molecule has 0 atom stereocenters. The van der Waals surface area contributed by atoms with Gasteiger partial charge in [-0.2, -0.15) is 0 Å². The fraction of sp³-hybridized carbons (Fsp3) is 0.455. The molecule has 0 unspecified atom stereocenters. The third-order valence-corrected chi connectivity index (χ3v) is 2.08. The Bertz CT molecular complexity index is 284. The molecule has 0 saturated carbocycles. The second kappa shape index (κ2) is 6.37. The molecule has 0 saturated heterocycles. The summed E-state index contributed by atoms with van der Waals surface area (Å²) >= 11 is 0. The minimum atomic E-state index is -0.409. The topological polar surface area (TPSA) is 58.3 Å². The predicted molar refractivity (Wildman–Crippen MR) is 58.1 cm³/mol. The molecule has 0 radical (unpaired) electrons. The molecular weight excluding hydrogens is 195 g/mol. The summed E-state index contributed by atoms with van der Waals surface area (Å²) in [5.41, 5.74) is 6.10. The standard InChI is InChI=1S/C11H17FN2O/c12-10-5-9(6-11(15)7-10)8-14-4-2-1-3-13/h5-7,14-15H,1-4,8,13H2. The van der Waals surface area contributed by atoms with E-state index >= 15 is 0 Å². The second-order valence-electron chi connectivity index (χ2n) is 3.49. The van der Waals surface area contributed by atoms with E-state index in [4.69, 9.17) is 10.8 Å². The SMILES string of the molecule is NCCCCNCc1cc(O)cc(F)c1. The largest absolute Gasteiger partial charge is 0.508 e. The molecule has 1 rings (SSSR count). The van der Waals surface area contributed by atoms with Crippen molar-refractivity contribution in [3.63, 3.8) is 0 Å². The maximum atomic E-state index is 12.9. The molecule has 84 valence electrons. The van der Waals surface area contributed by atoms with Crippen LogP contribution in [0.2, 0.25) is 0 Å². The summed E-state index contributed by atoms with van der Waals surface area (Å²) in [5.74, 6) is -0.442. The van der Waals surface area contributed by atoms with E-state index in [1.807, 2.05) is 0 Å². The smallest absolute Gasteiger partial charge is 0.127 e. The fourth-order valence-corrected chi connectivity index (χ4v) is 1.36. The number of benzene rings is 1. The Morgan fingerprint density at radius 3 is 2.73 bits per heavy atom. The van der Waals surface area contributed by atoms with Crippen LogP contribution in [-0.4, -0.2) is 18.2 Å². The van der Waals surface area contributed by atoms with Gasteiger partial charge < -0.3 is 16.2 Å². The van der Waals surface area contributed by atoms with E-state index in [0.717, 1.165) is 31.0 Å². The number of rotatable bonds is 6. The zero-order chi connectivity index (χ0) is 11.1. The molecule has 0 spiro atoms. The van der Waals surface area contributed by atoms with E-state index in [1.54, 1.807) is 6.07 Å². The number of hydrogen-bond acceptors (Lipinski definition) is 3. The lowest BCUT2D eigenvalue weighted by Crippen LogP contribution is -2.15. The lowest BCUT2D eigenvalue weighted by Gasteiger charge is -2.05. The molecule has 0 fully saturated rings. The van der Waals surface area contributed by atoms with Gasteiger partial charge in [0.2, 0.25) is 0 Å². The van der Waals surface area contributed by atoms with Gasteiger partial charge in [-0.15, -0.1) is 0 Å². The first-order chi connectivity index (χ1) is 7.22. The maximum Gasteiger partial charge on any atom is 0.127 e. The third kappa shape index (κ3) is 4.76. The molecule has 0 bridgehead atoms. The quantitative estimate of drug-likeness (QED) is 0.624. The number of halogens is 1. The Morgan fingerprint density at radius 2 is 2.07 bits per heavy atom. The zero-order valence-electron chi connectivity index (χ0n) is 8.67. The number of aromatic hydroxyl groups is 1. The molecule has 0 aromatic heterocycles. The molecule has 4 N–H and O–H groups in total. The van der Waals surface area contributed by atoms with Gasteiger partial charge in [-0.05, 0) is 43.6 Å². The highest BCUT2D eigenvalue weighted by Gasteiger charge is 1.99. The van der Waals surface area contributed by atoms with Crippen LogP contribution in [0.5, 0.6) is 5.75 Å². The van der Waals surface area contributed by atoms with Gasteiger partial charge in [0.1, 0.15) is 11.6 Å². The summed E-state index contributed by atoms with van der Waals surface area (Å²) in [5, 5.41) is 12.3. The molecule has 3 nitrogen and oxygen atoms in total. The van der Waals surface area contributed by atoms with Crippen molar-refractivity contribution in [2.45, 2.75) is 19.4 Å². The van der Waals surface area contributed by atoms with Crippen LogP contribution in [0.1, 0.15) is 18.4 Å². The number of unbranched alkanes of at least 4 members (excludes halogenated alkanes) is 1. The average molecular weight is 212 g/mol. The minimum Gasteiger partial charge on any atom is -0.508 e. The third-order valence-electron chi connectivity index (χ3n) is 2.08. The van der Waals surface area contributed by atoms with E-state index in [9.17, 15) is 4.39 Å². The summed E-state index contributed by atoms with van der Waals surface area (Å²) in [6, 6.07) is 4.06. The molecule has 0 heterocycles. The van der Waals surface area contributed by atoms with Crippen LogP contribution in [0.3, 0.4) is 0 Å². The average Bonchev–Trinajstić information content (AvgIpc) is 2.16. The van der Waals surface area contributed by atoms with E-state index in [1.165, 1.54) is 6.07 Å². The summed E-state index contributed by atoms with van der Waals surface area (Å²) in [6.45, 7) is 2.12. The van der Waals surface area contributed by atoms with Gasteiger partial charge in [-0.1, -0.05) is 0 Å². The Morgan fingerprint density at radius 1 is 1.27 bits per heavy atom. The predicted octanol–water partition coefficient (Wildman–Crippen LogP) is 1.36. The number of phenols is 1. The van der Waals surface area contributed by atoms with Crippen molar-refractivity contribution in [3.05, 3.63) is 29.6 Å². The van der Waals surface area contributed by atoms with Crippen molar-refractivity contribution < 1.29 is 9.50 Å². The Kier molecular flexibility index (Phi) is 5.07. The van der Waals surface area contributed by atoms with Crippen molar-refractivity contribution in [2.75, 3.05) is 13.1 Å². The van der Waals surface area contributed by atoms with Crippen LogP contribution in [0.25, 0.3) is 0 Å². The second-order valence-corrected chi connectivity index (χ2v) is 3.49. The molecule has 1 aromatic carbocycles. The van der Waals surface area contributed by atoms with E-state index in [0.29, 0.717) is 13.1 Å². The first-order valence-electron chi connectivity index (χ1n) is 5.11. The summed E-state index contributed by atoms with van der Waals surface area (Å²) in [6.07, 6.45) is 2.00. The van der Waals surface area contributed by atoms with Gasteiger partial charge >= 0.3 is 0 Å². The molecule has 0 aliphatic carbocycles. The zero-order valence-corrected chi connectivity index (χ0v) is 8.67. The van der Waals surface area contributed by atoms with Gasteiger partial charge in [-0.25, -0.2) is 4.39 Å². The van der Waals surface area contributed by atoms with Crippen molar-refractivity contribution in [1.82, 2.24) is 5.32 Å². The monoisotopic (exact) mass is 212 g/mol. The first-order valence-corrected chi connectivity index (χ1v) is 5.11. The molecule has 0 aliphatic heterocycles. The Hall–Kier alpha value is -1.13. The maximum absolute atomic E-state index is 12.9. The van der Waals surface area contributed by atoms with Crippen LogP contribution < -0.4 is 11.1 Å². The summed E-state index contributed by atoms with van der Waals surface area (Å²) < 4.78 is 12.9. The van der Waals surface area contributed by atoms with E-state index in [2.05, 4.69) is 5.32 Å². The van der Waals surface area contributed by atoms with Crippen LogP contribution >= 0.6 is 0 Å². The van der Waals surface area contributed by atoms with Gasteiger partial charge in [0.05, 0.1) is 0 Å². The minimum absolute atomic E-state index is 0.0336. The molecule has 1 aromatic rings. The highest BCUT2D eigenvalue weighted by Crippen LogP contribution is 2.14. The Labute approximate surface area is 89.1 Å². The van der Waals surface area contributed by atoms with Gasteiger partial charge in [-0.3, -0.25) is 0 Å². The van der Waals surface area contributed by atoms with Gasteiger partial charge in [0.15, 0.2) is 0 Å². The molecule has 15 heavy (non-hydrogen) atoms. The lowest BCUT2D eigenvalue weighted by molar-refractivity contribution is 0.467. The molecule has 4 heteroatoms. The molecule has 0 aliphatic rings. The number of phenolic OH excluding ortho intramolecular Hbond substituents is 1. The number of hydrogen-bond donors (Lipinski definition) is 3. The Balaban J connectivity index is 2.31. The van der Waals surface area contributed by atoms with Crippen LogP contribution in [0.4, 0.5) is 4.39 Å². The lowest BCUT2D eigenvalue weighted by atomic mass is 10.2. The summed E-state index contributed by atoms with van der Waals surface area (Å²) in [7, 11) is 0. The summed E-state index contributed by atoms with van der Waals surface area (Å²) in [4.78, 5) is 0. The van der Waals surface area contributed by atoms with Gasteiger partial charge in [0.25, 0.3) is 0 Å². The van der Waals surface area contributed by atoms with Crippen molar-refractivity contribution in [2.24, 2.45) is 5.73 Å². The normalized spacial score (nSPS) is 10.5. The van der Waals surface area contributed by atoms with Crippen LogP contribution in [-0.2, 0) is 6.54 Å². The highest BCUT2D eigenvalue weighted by molar-refractivity contribution is 5.28. The molecule has 0 amide bonds. The number of nitrogens with one attached hydrogen (secondary N) is 1. The van der Waals surface area contributed by atoms with E-state index in [-0.39, 0.29) is 5.75 Å². The van der Waals surface area contributed by atoms with Crippen LogP contribution in [0, 0.1) is 5.82 Å². The molecular formula is C11H17FN2O. The van der Waals surface area contributed by atoms with Crippen molar-refractivity contribution in [3.8, 4) is 5.75 Å². The highest BCUT2D eigenvalue weighted by atomic mass is 19.1. The number of nitrogens with two attached hydrogens (primary N) is 1. The van der Waals surface area contributed by atoms with Crippen LogP contribution in [0.15, 0.2) is 18.2 Å². The first kappa shape index (κ1) is 11.9. The van der Waals surface area contributed by atoms with E-state index < -0.39 is 5.82 Å². The van der Waals surface area contributed by atoms with Crippen molar-refractivity contribution in [1.29, 1.82) is 0 Å².